The van der Waals surface area contributed by atoms with Crippen LogP contribution in [0.1, 0.15) is 57.3 Å². The van der Waals surface area contributed by atoms with Crippen LogP contribution in [0.3, 0.4) is 0 Å². The van der Waals surface area contributed by atoms with Crippen LogP contribution in [0.2, 0.25) is 0 Å². The first-order valence-corrected chi connectivity index (χ1v) is 14.2. The number of likely N-dealkylation sites (tertiary alicyclic amines) is 2. The SMILES string of the molecule is CCC(C)C(N)C(=O)N1CC(=O)C2C1CCN2C(=O)C(CC(C)C)NC(=O)c1ccc(N2CCOCC2)cc1. The van der Waals surface area contributed by atoms with Crippen LogP contribution in [-0.2, 0) is 19.1 Å². The van der Waals surface area contributed by atoms with Crippen LogP contribution in [-0.4, -0.2) is 96.9 Å². The number of benzene rings is 1. The minimum Gasteiger partial charge on any atom is -0.378 e. The Morgan fingerprint density at radius 1 is 1.03 bits per heavy atom. The normalized spacial score (nSPS) is 23.5. The van der Waals surface area contributed by atoms with Crippen molar-refractivity contribution < 1.29 is 23.9 Å². The third kappa shape index (κ3) is 6.27. The fourth-order valence-corrected chi connectivity index (χ4v) is 5.83. The summed E-state index contributed by atoms with van der Waals surface area (Å²) in [6.45, 7) is 11.2. The molecule has 10 nitrogen and oxygen atoms in total. The van der Waals surface area contributed by atoms with Crippen molar-refractivity contribution in [1.29, 1.82) is 0 Å². The monoisotopic (exact) mass is 541 g/mol. The number of carbonyl (C=O) groups is 4. The predicted molar refractivity (Wildman–Crippen MR) is 148 cm³/mol. The number of Topliss-reactive ketones (excluding diaryl/α,β-unsaturated/α-hetero) is 1. The van der Waals surface area contributed by atoms with Crippen molar-refractivity contribution in [2.75, 3.05) is 44.3 Å². The van der Waals surface area contributed by atoms with Gasteiger partial charge in [-0.1, -0.05) is 34.1 Å². The zero-order valence-corrected chi connectivity index (χ0v) is 23.6. The highest BCUT2D eigenvalue weighted by Gasteiger charge is 2.52. The van der Waals surface area contributed by atoms with E-state index in [0.717, 1.165) is 25.2 Å². The standard InChI is InChI=1S/C29H43N5O5/c1-5-19(4)25(30)29(38)34-17-24(35)26-23(34)10-11-33(26)28(37)22(16-18(2)3)31-27(36)20-6-8-21(9-7-20)32-12-14-39-15-13-32/h6-9,18-19,22-23,25-26H,5,10-17,30H2,1-4H3,(H,31,36). The fourth-order valence-electron chi connectivity index (χ4n) is 5.83. The number of nitrogens with zero attached hydrogens (tertiary/aromatic N) is 3. The van der Waals surface area contributed by atoms with E-state index in [1.807, 2.05) is 39.8 Å². The van der Waals surface area contributed by atoms with E-state index in [2.05, 4.69) is 10.2 Å². The van der Waals surface area contributed by atoms with Gasteiger partial charge in [0.25, 0.3) is 5.91 Å². The van der Waals surface area contributed by atoms with Gasteiger partial charge in [0.15, 0.2) is 5.78 Å². The molecule has 3 saturated heterocycles. The first-order chi connectivity index (χ1) is 18.6. The molecule has 0 saturated carbocycles. The average Bonchev–Trinajstić information content (AvgIpc) is 3.52. The fraction of sp³-hybridized carbons (Fsp3) is 0.655. The first-order valence-electron chi connectivity index (χ1n) is 14.2. The van der Waals surface area contributed by atoms with Crippen LogP contribution in [0, 0.1) is 11.8 Å². The van der Waals surface area contributed by atoms with Crippen molar-refractivity contribution in [3.05, 3.63) is 29.8 Å². The van der Waals surface area contributed by atoms with Gasteiger partial charge in [0.1, 0.15) is 12.1 Å². The lowest BCUT2D eigenvalue weighted by atomic mass is 9.98. The summed E-state index contributed by atoms with van der Waals surface area (Å²) in [5.41, 5.74) is 7.70. The predicted octanol–water partition coefficient (Wildman–Crippen LogP) is 1.42. The lowest BCUT2D eigenvalue weighted by Crippen LogP contribution is -2.53. The van der Waals surface area contributed by atoms with Crippen molar-refractivity contribution in [2.45, 2.75) is 71.1 Å². The van der Waals surface area contributed by atoms with Crippen LogP contribution in [0.25, 0.3) is 0 Å². The molecular weight excluding hydrogens is 498 g/mol. The zero-order valence-electron chi connectivity index (χ0n) is 23.6. The Morgan fingerprint density at radius 3 is 2.31 bits per heavy atom. The van der Waals surface area contributed by atoms with Crippen molar-refractivity contribution in [3.8, 4) is 0 Å². The van der Waals surface area contributed by atoms with Gasteiger partial charge in [0, 0.05) is 30.9 Å². The second-order valence-corrected chi connectivity index (χ2v) is 11.5. The summed E-state index contributed by atoms with van der Waals surface area (Å²) in [4.78, 5) is 58.5. The highest BCUT2D eigenvalue weighted by molar-refractivity contribution is 6.01. The Hall–Kier alpha value is -2.98. The number of fused-ring (bicyclic) bond motifs is 1. The zero-order chi connectivity index (χ0) is 28.3. The van der Waals surface area contributed by atoms with Crippen molar-refractivity contribution in [3.63, 3.8) is 0 Å². The maximum absolute atomic E-state index is 13.8. The smallest absolute Gasteiger partial charge is 0.251 e. The Balaban J connectivity index is 1.45. The summed E-state index contributed by atoms with van der Waals surface area (Å²) < 4.78 is 5.41. The first kappa shape index (κ1) is 29.0. The number of ketones is 1. The van der Waals surface area contributed by atoms with Gasteiger partial charge in [0.2, 0.25) is 11.8 Å². The van der Waals surface area contributed by atoms with E-state index in [1.165, 1.54) is 0 Å². The van der Waals surface area contributed by atoms with E-state index >= 15 is 0 Å². The average molecular weight is 542 g/mol. The number of ether oxygens (including phenoxy) is 1. The number of carbonyl (C=O) groups excluding carboxylic acids is 4. The van der Waals surface area contributed by atoms with Crippen LogP contribution in [0.5, 0.6) is 0 Å². The third-order valence-corrected chi connectivity index (χ3v) is 8.35. The molecule has 1 aromatic rings. The molecule has 0 bridgehead atoms. The maximum atomic E-state index is 13.8. The van der Waals surface area contributed by atoms with E-state index in [9.17, 15) is 19.2 Å². The number of anilines is 1. The highest BCUT2D eigenvalue weighted by atomic mass is 16.5. The summed E-state index contributed by atoms with van der Waals surface area (Å²) in [6, 6.07) is 4.87. The lowest BCUT2D eigenvalue weighted by Gasteiger charge is -2.30. The Bertz CT molecular complexity index is 1050. The van der Waals surface area contributed by atoms with Crippen LogP contribution in [0.15, 0.2) is 24.3 Å². The number of nitrogens with two attached hydrogens (primary N) is 1. The third-order valence-electron chi connectivity index (χ3n) is 8.35. The molecule has 3 aliphatic rings. The van der Waals surface area contributed by atoms with Gasteiger partial charge in [-0.05, 0) is 48.9 Å². The molecule has 4 rings (SSSR count). The van der Waals surface area contributed by atoms with E-state index < -0.39 is 18.1 Å². The maximum Gasteiger partial charge on any atom is 0.251 e. The molecule has 3 aliphatic heterocycles. The van der Waals surface area contributed by atoms with E-state index in [1.54, 1.807) is 21.9 Å². The summed E-state index contributed by atoms with van der Waals surface area (Å²) in [5.74, 6) is -0.835. The van der Waals surface area contributed by atoms with Crippen LogP contribution >= 0.6 is 0 Å². The van der Waals surface area contributed by atoms with Gasteiger partial charge in [0.05, 0.1) is 31.8 Å². The summed E-state index contributed by atoms with van der Waals surface area (Å²) in [6.07, 6.45) is 1.73. The molecular formula is C29H43N5O5. The minimum absolute atomic E-state index is 0.000593. The molecule has 1 aromatic carbocycles. The number of morpholine rings is 1. The van der Waals surface area contributed by atoms with E-state index in [4.69, 9.17) is 10.5 Å². The molecule has 214 valence electrons. The molecule has 10 heteroatoms. The molecule has 3 fully saturated rings. The molecule has 0 radical (unpaired) electrons. The number of rotatable bonds is 9. The highest BCUT2D eigenvalue weighted by Crippen LogP contribution is 2.31. The molecule has 39 heavy (non-hydrogen) atoms. The van der Waals surface area contributed by atoms with Gasteiger partial charge < -0.3 is 30.5 Å². The largest absolute Gasteiger partial charge is 0.378 e. The molecule has 5 atom stereocenters. The Morgan fingerprint density at radius 2 is 1.69 bits per heavy atom. The minimum atomic E-state index is -0.768. The number of nitrogens with one attached hydrogen (secondary N) is 1. The Kier molecular flexibility index (Phi) is 9.27. The molecule has 0 spiro atoms. The number of amides is 3. The van der Waals surface area contributed by atoms with Crippen LogP contribution < -0.4 is 16.0 Å². The van der Waals surface area contributed by atoms with Crippen molar-refractivity contribution in [1.82, 2.24) is 15.1 Å². The van der Waals surface area contributed by atoms with Gasteiger partial charge in [-0.2, -0.15) is 0 Å². The van der Waals surface area contributed by atoms with Gasteiger partial charge in [-0.25, -0.2) is 0 Å². The number of hydrogen-bond acceptors (Lipinski definition) is 7. The molecule has 3 N–H and O–H groups in total. The summed E-state index contributed by atoms with van der Waals surface area (Å²) in [7, 11) is 0. The summed E-state index contributed by atoms with van der Waals surface area (Å²) in [5, 5.41) is 2.93. The molecule has 3 heterocycles. The summed E-state index contributed by atoms with van der Waals surface area (Å²) >= 11 is 0. The van der Waals surface area contributed by atoms with Crippen molar-refractivity contribution >= 4 is 29.2 Å². The van der Waals surface area contributed by atoms with Gasteiger partial charge >= 0.3 is 0 Å². The van der Waals surface area contributed by atoms with Gasteiger partial charge in [-0.3, -0.25) is 19.2 Å². The molecule has 5 unspecified atom stereocenters. The van der Waals surface area contributed by atoms with Crippen molar-refractivity contribution in [2.24, 2.45) is 17.6 Å². The van der Waals surface area contributed by atoms with Crippen LogP contribution in [0.4, 0.5) is 5.69 Å². The second kappa shape index (κ2) is 12.5. The van der Waals surface area contributed by atoms with E-state index in [0.29, 0.717) is 38.2 Å². The lowest BCUT2D eigenvalue weighted by molar-refractivity contribution is -0.138. The second-order valence-electron chi connectivity index (χ2n) is 11.5. The molecule has 0 aliphatic carbocycles. The Labute approximate surface area is 231 Å². The molecule has 3 amide bonds. The topological polar surface area (TPSA) is 125 Å². The quantitative estimate of drug-likeness (QED) is 0.484. The van der Waals surface area contributed by atoms with E-state index in [-0.39, 0.29) is 47.9 Å². The van der Waals surface area contributed by atoms with Gasteiger partial charge in [-0.15, -0.1) is 0 Å². The molecule has 0 aromatic heterocycles. The number of hydrogen-bond donors (Lipinski definition) is 2.